The van der Waals surface area contributed by atoms with E-state index in [1.54, 1.807) is 24.4 Å². The lowest BCUT2D eigenvalue weighted by Crippen LogP contribution is -2.17. The first-order chi connectivity index (χ1) is 37.5. The number of fused-ring (bicyclic) bond motifs is 1. The molecule has 59 heavy (non-hydrogen) atoms. The van der Waals surface area contributed by atoms with Gasteiger partial charge in [-0.15, -0.1) is 0 Å². The van der Waals surface area contributed by atoms with E-state index in [4.69, 9.17) is 41.5 Å². The molecule has 0 saturated carbocycles. The molecule has 0 radical (unpaired) electrons. The van der Waals surface area contributed by atoms with Gasteiger partial charge in [0.05, 0.1) is 29.1 Å². The van der Waals surface area contributed by atoms with Crippen molar-refractivity contribution in [3.63, 3.8) is 0 Å². The minimum Gasteiger partial charge on any atom is -0.507 e. The monoisotopic (exact) mass is 797 g/mol. The van der Waals surface area contributed by atoms with Gasteiger partial charge in [0.25, 0.3) is 0 Å². The van der Waals surface area contributed by atoms with Crippen LogP contribution in [-0.4, -0.2) is 19.6 Å². The molecule has 0 aliphatic heterocycles. The maximum absolute atomic E-state index is 12.9. The highest BCUT2D eigenvalue weighted by Gasteiger charge is 2.29. The number of benzene rings is 6. The van der Waals surface area contributed by atoms with Crippen molar-refractivity contribution >= 4 is 11.0 Å². The molecule has 2 heterocycles. The quantitative estimate of drug-likeness (QED) is 0.182. The second-order valence-corrected chi connectivity index (χ2v) is 15.8. The molecule has 0 bridgehead atoms. The van der Waals surface area contributed by atoms with Gasteiger partial charge in [-0.05, 0) is 111 Å². The predicted molar refractivity (Wildman–Crippen MR) is 249 cm³/mol. The van der Waals surface area contributed by atoms with Crippen LogP contribution < -0.4 is 0 Å². The van der Waals surface area contributed by atoms with Gasteiger partial charge in [0.2, 0.25) is 0 Å². The van der Waals surface area contributed by atoms with Gasteiger partial charge >= 0.3 is 0 Å². The van der Waals surface area contributed by atoms with Crippen LogP contribution in [0.4, 0.5) is 0 Å². The van der Waals surface area contributed by atoms with Crippen molar-refractivity contribution in [3.05, 3.63) is 168 Å². The summed E-state index contributed by atoms with van der Waals surface area (Å²) in [5.74, 6) is -2.00. The van der Waals surface area contributed by atoms with E-state index in [2.05, 4.69) is 0 Å². The van der Waals surface area contributed by atoms with E-state index in [9.17, 15) is 5.11 Å². The Hall–Kier alpha value is -6.26. The summed E-state index contributed by atoms with van der Waals surface area (Å²) >= 11 is 0. The molecule has 0 atom stereocenters. The third kappa shape index (κ3) is 7.84. The second kappa shape index (κ2) is 14.8. The Morgan fingerprint density at radius 1 is 0.593 bits per heavy atom. The van der Waals surface area contributed by atoms with Crippen molar-refractivity contribution < 1.29 is 36.6 Å². The second-order valence-electron chi connectivity index (χ2n) is 15.8. The van der Waals surface area contributed by atoms with Crippen LogP contribution in [0.15, 0.2) is 146 Å². The number of hydrogen-bond acceptors (Lipinski definition) is 3. The maximum atomic E-state index is 12.9. The van der Waals surface area contributed by atoms with E-state index >= 15 is 0 Å². The lowest BCUT2D eigenvalue weighted by Gasteiger charge is -2.27. The SMILES string of the molecule is [2H]c1c([2H])c([2H])c(-c2ccc(-n3c(-c4cc(C(C([2H])([2H])[2H])(C([2H])([2H])[2H])C([2H])([2H])[2H])cc(C(C([2H])([2H])[2H])(C([2H])([2H])[2H])C([2H])([2H])[2H])c4O)nc4c(-c5cc(-c6cc(-c7ccc(C)cc7)ccn6)cc(C(C)(C)C)c5)cccc43)cc2)c([2H])c1[2H]. The molecule has 8 rings (SSSR count). The van der Waals surface area contributed by atoms with Gasteiger partial charge in [0.15, 0.2) is 0 Å². The lowest BCUT2D eigenvalue weighted by atomic mass is 9.79. The number of aromatic hydroxyl groups is 1. The predicted octanol–water partition coefficient (Wildman–Crippen LogP) is 14.7. The Kier molecular flexibility index (Phi) is 5.19. The molecule has 8 aromatic rings. The third-order valence-electron chi connectivity index (χ3n) is 10.3. The van der Waals surface area contributed by atoms with Crippen molar-refractivity contribution in [2.24, 2.45) is 0 Å². The Morgan fingerprint density at radius 2 is 1.25 bits per heavy atom. The fraction of sp³-hybridized carbons (Fsp3) is 0.236. The first-order valence-electron chi connectivity index (χ1n) is 30.3. The van der Waals surface area contributed by atoms with Crippen molar-refractivity contribution in [1.29, 1.82) is 0 Å². The standard InChI is InChI=1S/C55H55N3O/c1-35-19-21-38(22-20-35)39-27-28-56-48(32-39)41-29-40(30-42(31-41)53(2,3)4)45-17-14-18-49-50(45)57-52(46-33-43(54(5,6)7)34-47(51(46)59)55(8,9)10)58(49)44-25-23-37(24-26-44)36-15-12-11-13-16-36/h11-34,59H,1-10H3/i5D3,6D3,7D3,8D3,9D3,10D3,11D,12D,13D,15D,16D. The number of aryl methyl sites for hydroxylation is 1. The average Bonchev–Trinajstić information content (AvgIpc) is 1.26. The highest BCUT2D eigenvalue weighted by atomic mass is 16.3. The van der Waals surface area contributed by atoms with Crippen LogP contribution in [-0.2, 0) is 16.2 Å². The number of hydrogen-bond donors (Lipinski definition) is 1. The maximum Gasteiger partial charge on any atom is 0.149 e. The highest BCUT2D eigenvalue weighted by Crippen LogP contribution is 2.45. The molecule has 0 spiro atoms. The summed E-state index contributed by atoms with van der Waals surface area (Å²) in [6, 6.07) is 25.8. The normalized spacial score (nSPS) is 19.3. The smallest absolute Gasteiger partial charge is 0.149 e. The Morgan fingerprint density at radius 3 is 1.95 bits per heavy atom. The zero-order valence-electron chi connectivity index (χ0n) is 55.8. The molecule has 4 heteroatoms. The average molecular weight is 797 g/mol. The number of pyridine rings is 1. The zero-order chi connectivity index (χ0) is 61.2. The van der Waals surface area contributed by atoms with E-state index in [1.807, 2.05) is 82.3 Å². The zero-order valence-corrected chi connectivity index (χ0v) is 32.8. The molecule has 6 aromatic carbocycles. The summed E-state index contributed by atoms with van der Waals surface area (Å²) in [5.41, 5.74) is -6.50. The minimum absolute atomic E-state index is 0.0563. The van der Waals surface area contributed by atoms with Crippen LogP contribution in [0.5, 0.6) is 5.75 Å². The van der Waals surface area contributed by atoms with E-state index in [0.717, 1.165) is 22.3 Å². The number of nitrogens with zero attached hydrogens (tertiary/aromatic N) is 3. The van der Waals surface area contributed by atoms with Gasteiger partial charge < -0.3 is 5.11 Å². The number of para-hydroxylation sites is 1. The fourth-order valence-corrected chi connectivity index (χ4v) is 7.13. The summed E-state index contributed by atoms with van der Waals surface area (Å²) in [7, 11) is 0. The third-order valence-corrected chi connectivity index (χ3v) is 10.3. The van der Waals surface area contributed by atoms with Gasteiger partial charge in [0, 0.05) is 53.2 Å². The molecule has 0 unspecified atom stereocenters. The van der Waals surface area contributed by atoms with Gasteiger partial charge in [-0.25, -0.2) is 4.98 Å². The number of rotatable bonds is 6. The summed E-state index contributed by atoms with van der Waals surface area (Å²) in [5, 5.41) is 12.9. The van der Waals surface area contributed by atoms with Crippen LogP contribution in [0.1, 0.15) is 116 Å². The van der Waals surface area contributed by atoms with Gasteiger partial charge in [0.1, 0.15) is 11.6 Å². The van der Waals surface area contributed by atoms with Crippen molar-refractivity contribution in [3.8, 4) is 67.5 Å². The van der Waals surface area contributed by atoms with E-state index in [0.29, 0.717) is 28.5 Å². The van der Waals surface area contributed by atoms with E-state index < -0.39 is 116 Å². The Bertz CT molecular complexity index is 3680. The number of imidazole rings is 1. The number of aromatic nitrogens is 3. The van der Waals surface area contributed by atoms with E-state index in [-0.39, 0.29) is 33.9 Å². The largest absolute Gasteiger partial charge is 0.507 e. The summed E-state index contributed by atoms with van der Waals surface area (Å²) in [6.45, 7) is -16.9. The van der Waals surface area contributed by atoms with Crippen LogP contribution in [0.25, 0.3) is 72.7 Å². The van der Waals surface area contributed by atoms with E-state index in [1.165, 1.54) is 28.8 Å². The molecule has 0 saturated heterocycles. The van der Waals surface area contributed by atoms with Crippen molar-refractivity contribution in [1.82, 2.24) is 14.5 Å². The van der Waals surface area contributed by atoms with Crippen LogP contribution >= 0.6 is 0 Å². The van der Waals surface area contributed by atoms with Crippen LogP contribution in [0.3, 0.4) is 0 Å². The van der Waals surface area contributed by atoms with Crippen molar-refractivity contribution in [2.45, 2.75) is 85.1 Å². The molecule has 0 amide bonds. The highest BCUT2D eigenvalue weighted by molar-refractivity contribution is 5.97. The first-order valence-corrected chi connectivity index (χ1v) is 18.8. The van der Waals surface area contributed by atoms with Gasteiger partial charge in [-0.3, -0.25) is 9.55 Å². The topological polar surface area (TPSA) is 50.9 Å². The molecule has 0 fully saturated rings. The number of phenolic OH excluding ortho intramolecular Hbond substituents is 1. The summed E-state index contributed by atoms with van der Waals surface area (Å²) in [4.78, 5) is 9.78. The first kappa shape index (κ1) is 20.6. The molecular formula is C55H55N3O. The molecule has 4 nitrogen and oxygen atoms in total. The fourth-order valence-electron chi connectivity index (χ4n) is 7.13. The lowest BCUT2D eigenvalue weighted by molar-refractivity contribution is 0.446. The Labute approximate surface area is 382 Å². The molecule has 0 aliphatic carbocycles. The van der Waals surface area contributed by atoms with Gasteiger partial charge in [-0.1, -0.05) is 158 Å². The van der Waals surface area contributed by atoms with Gasteiger partial charge in [-0.2, -0.15) is 0 Å². The molecule has 2 aromatic heterocycles. The molecule has 0 aliphatic rings. The Balaban J connectivity index is 1.57. The summed E-state index contributed by atoms with van der Waals surface area (Å²) in [6.07, 6.45) is 1.68. The molecule has 296 valence electrons. The number of phenols is 1. The van der Waals surface area contributed by atoms with Crippen molar-refractivity contribution in [2.75, 3.05) is 0 Å². The van der Waals surface area contributed by atoms with Crippen LogP contribution in [0, 0.1) is 6.92 Å². The summed E-state index contributed by atoms with van der Waals surface area (Å²) < 4.78 is 200. The minimum atomic E-state index is -4.20. The van der Waals surface area contributed by atoms with Crippen LogP contribution in [0.2, 0.25) is 0 Å². The molecular weight excluding hydrogens is 719 g/mol. The molecule has 1 N–H and O–H groups in total.